The van der Waals surface area contributed by atoms with Gasteiger partial charge in [0.05, 0.1) is 21.4 Å². The van der Waals surface area contributed by atoms with Crippen molar-refractivity contribution in [3.8, 4) is 0 Å². The second-order valence-electron chi connectivity index (χ2n) is 3.99. The van der Waals surface area contributed by atoms with Gasteiger partial charge >= 0.3 is 0 Å². The second kappa shape index (κ2) is 5.95. The molecule has 1 aromatic heterocycles. The predicted molar refractivity (Wildman–Crippen MR) is 84.2 cm³/mol. The molecule has 0 atom stereocenters. The van der Waals surface area contributed by atoms with Gasteiger partial charge in [-0.3, -0.25) is 4.99 Å². The second-order valence-corrected chi connectivity index (χ2v) is 5.17. The van der Waals surface area contributed by atoms with Crippen molar-refractivity contribution < 1.29 is 0 Å². The number of rotatable bonds is 2. The Bertz CT molecular complexity index is 678. The molecule has 0 aliphatic heterocycles. The number of aromatic nitrogens is 2. The zero-order valence-electron chi connectivity index (χ0n) is 10.8. The van der Waals surface area contributed by atoms with Gasteiger partial charge in [0, 0.05) is 12.6 Å². The van der Waals surface area contributed by atoms with Gasteiger partial charge in [-0.05, 0) is 19.1 Å². The highest BCUT2D eigenvalue weighted by atomic mass is 35.5. The first-order chi connectivity index (χ1) is 9.45. The topological polar surface area (TPSA) is 64.2 Å². The maximum absolute atomic E-state index is 6.20. The van der Waals surface area contributed by atoms with Crippen molar-refractivity contribution in [3.63, 3.8) is 0 Å². The first kappa shape index (κ1) is 15.0. The molecule has 0 aliphatic rings. The maximum atomic E-state index is 6.20. The Labute approximate surface area is 131 Å². The Morgan fingerprint density at radius 3 is 2.30 bits per heavy atom. The summed E-state index contributed by atoms with van der Waals surface area (Å²) in [4.78, 5) is 12.5. The van der Waals surface area contributed by atoms with Crippen molar-refractivity contribution in [1.29, 1.82) is 0 Å². The predicted octanol–water partition coefficient (Wildman–Crippen LogP) is 3.79. The van der Waals surface area contributed by atoms with Crippen molar-refractivity contribution >= 4 is 46.2 Å². The summed E-state index contributed by atoms with van der Waals surface area (Å²) in [5.74, 6) is 0.489. The molecule has 1 heterocycles. The highest BCUT2D eigenvalue weighted by Gasteiger charge is 2.20. The minimum Gasteiger partial charge on any atom is -0.394 e. The van der Waals surface area contributed by atoms with Crippen molar-refractivity contribution in [2.75, 3.05) is 12.8 Å². The van der Waals surface area contributed by atoms with E-state index in [4.69, 9.17) is 40.5 Å². The van der Waals surface area contributed by atoms with Gasteiger partial charge in [0.1, 0.15) is 11.5 Å². The molecule has 4 nitrogen and oxygen atoms in total. The van der Waals surface area contributed by atoms with E-state index in [9.17, 15) is 0 Å². The van der Waals surface area contributed by atoms with Crippen molar-refractivity contribution in [3.05, 3.63) is 50.5 Å². The van der Waals surface area contributed by atoms with E-state index in [0.29, 0.717) is 32.8 Å². The van der Waals surface area contributed by atoms with Gasteiger partial charge in [-0.15, -0.1) is 0 Å². The Morgan fingerprint density at radius 1 is 1.15 bits per heavy atom. The van der Waals surface area contributed by atoms with Crippen molar-refractivity contribution in [1.82, 2.24) is 9.97 Å². The van der Waals surface area contributed by atoms with Gasteiger partial charge in [0.15, 0.2) is 5.15 Å². The molecule has 1 aromatic carbocycles. The number of nitrogens with two attached hydrogens (primary N) is 1. The van der Waals surface area contributed by atoms with Crippen LogP contribution in [0.5, 0.6) is 0 Å². The molecule has 0 spiro atoms. The van der Waals surface area contributed by atoms with Crippen LogP contribution in [0.3, 0.4) is 0 Å². The fraction of sp³-hybridized carbons (Fsp3) is 0.154. The van der Waals surface area contributed by atoms with Crippen molar-refractivity contribution in [2.24, 2.45) is 4.99 Å². The quantitative estimate of drug-likeness (QED) is 0.673. The third-order valence-electron chi connectivity index (χ3n) is 2.66. The van der Waals surface area contributed by atoms with Gasteiger partial charge in [0.25, 0.3) is 0 Å². The SMILES string of the molecule is CN=C(c1nc(C)nc(Cl)c1N)c1c(Cl)cccc1Cl. The van der Waals surface area contributed by atoms with E-state index in [1.165, 1.54) is 0 Å². The highest BCUT2D eigenvalue weighted by Crippen LogP contribution is 2.30. The van der Waals surface area contributed by atoms with Crippen molar-refractivity contribution in [2.45, 2.75) is 6.92 Å². The molecule has 104 valence electrons. The van der Waals surface area contributed by atoms with E-state index in [1.54, 1.807) is 32.2 Å². The standard InChI is InChI=1S/C13H11Cl3N4/c1-6-19-12(10(17)13(16)20-6)11(18-2)9-7(14)4-3-5-8(9)15/h3-5H,17H2,1-2H3. The van der Waals surface area contributed by atoms with Crippen LogP contribution < -0.4 is 5.73 Å². The number of benzene rings is 1. The largest absolute Gasteiger partial charge is 0.394 e. The molecule has 0 unspecified atom stereocenters. The van der Waals surface area contributed by atoms with Crippen LogP contribution in [0.4, 0.5) is 5.69 Å². The zero-order valence-corrected chi connectivity index (χ0v) is 13.1. The van der Waals surface area contributed by atoms with Crippen LogP contribution in [0.1, 0.15) is 17.1 Å². The summed E-state index contributed by atoms with van der Waals surface area (Å²) < 4.78 is 0. The summed E-state index contributed by atoms with van der Waals surface area (Å²) in [6, 6.07) is 5.20. The average Bonchev–Trinajstić information content (AvgIpc) is 2.39. The van der Waals surface area contributed by atoms with Crippen LogP contribution in [0, 0.1) is 6.92 Å². The molecule has 7 heteroatoms. The number of aliphatic imine (C=N–C) groups is 1. The number of anilines is 1. The number of halogens is 3. The summed E-state index contributed by atoms with van der Waals surface area (Å²) >= 11 is 18.4. The first-order valence-electron chi connectivity index (χ1n) is 5.66. The van der Waals surface area contributed by atoms with E-state index in [2.05, 4.69) is 15.0 Å². The van der Waals surface area contributed by atoms with E-state index >= 15 is 0 Å². The molecule has 20 heavy (non-hydrogen) atoms. The lowest BCUT2D eigenvalue weighted by Crippen LogP contribution is -2.13. The van der Waals surface area contributed by atoms with E-state index in [0.717, 1.165) is 0 Å². The fourth-order valence-corrected chi connectivity index (χ4v) is 2.58. The lowest BCUT2D eigenvalue weighted by molar-refractivity contribution is 1.04. The van der Waals surface area contributed by atoms with E-state index in [-0.39, 0.29) is 10.8 Å². The first-order valence-corrected chi connectivity index (χ1v) is 6.80. The van der Waals surface area contributed by atoms with Gasteiger partial charge in [-0.25, -0.2) is 9.97 Å². The van der Waals surface area contributed by atoms with Crippen LogP contribution in [0.15, 0.2) is 23.2 Å². The number of hydrogen-bond acceptors (Lipinski definition) is 4. The number of aryl methyl sites for hydroxylation is 1. The molecule has 0 fully saturated rings. The Hall–Kier alpha value is -1.36. The summed E-state index contributed by atoms with van der Waals surface area (Å²) in [5.41, 5.74) is 7.65. The molecule has 2 N–H and O–H groups in total. The monoisotopic (exact) mass is 328 g/mol. The van der Waals surface area contributed by atoms with Gasteiger partial charge in [-0.1, -0.05) is 40.9 Å². The van der Waals surface area contributed by atoms with Gasteiger partial charge in [-0.2, -0.15) is 0 Å². The van der Waals surface area contributed by atoms with E-state index in [1.807, 2.05) is 0 Å². The highest BCUT2D eigenvalue weighted by molar-refractivity contribution is 6.42. The molecule has 0 saturated heterocycles. The Balaban J connectivity index is 2.72. The van der Waals surface area contributed by atoms with Gasteiger partial charge in [0.2, 0.25) is 0 Å². The third-order valence-corrected chi connectivity index (χ3v) is 3.58. The minimum absolute atomic E-state index is 0.178. The molecule has 2 aromatic rings. The Kier molecular flexibility index (Phi) is 4.48. The lowest BCUT2D eigenvalue weighted by Gasteiger charge is -2.12. The molecule has 0 saturated carbocycles. The summed E-state index contributed by atoms with van der Waals surface area (Å²) in [6.45, 7) is 1.72. The molecular weight excluding hydrogens is 319 g/mol. The van der Waals surface area contributed by atoms with Crippen LogP contribution >= 0.6 is 34.8 Å². The number of hydrogen-bond donors (Lipinski definition) is 1. The minimum atomic E-state index is 0.178. The normalized spacial score (nSPS) is 11.8. The average molecular weight is 330 g/mol. The lowest BCUT2D eigenvalue weighted by atomic mass is 10.1. The van der Waals surface area contributed by atoms with Crippen LogP contribution in [0.2, 0.25) is 15.2 Å². The number of nitrogen functional groups attached to an aromatic ring is 1. The maximum Gasteiger partial charge on any atom is 0.156 e. The molecule has 0 amide bonds. The molecule has 0 bridgehead atoms. The summed E-state index contributed by atoms with van der Waals surface area (Å²) in [6.07, 6.45) is 0. The van der Waals surface area contributed by atoms with Crippen LogP contribution in [0.25, 0.3) is 0 Å². The summed E-state index contributed by atoms with van der Waals surface area (Å²) in [7, 11) is 1.61. The molecule has 0 aliphatic carbocycles. The Morgan fingerprint density at radius 2 is 1.75 bits per heavy atom. The molecular formula is C13H11Cl3N4. The third kappa shape index (κ3) is 2.73. The molecule has 2 rings (SSSR count). The van der Waals surface area contributed by atoms with Crippen LogP contribution in [-0.4, -0.2) is 22.7 Å². The smallest absolute Gasteiger partial charge is 0.156 e. The van der Waals surface area contributed by atoms with Gasteiger partial charge < -0.3 is 5.73 Å². The zero-order chi connectivity index (χ0) is 14.9. The van der Waals surface area contributed by atoms with E-state index < -0.39 is 0 Å². The molecule has 0 radical (unpaired) electrons. The fourth-order valence-electron chi connectivity index (χ4n) is 1.79. The summed E-state index contributed by atoms with van der Waals surface area (Å²) in [5, 5.41) is 1.10. The van der Waals surface area contributed by atoms with Crippen LogP contribution in [-0.2, 0) is 0 Å². The number of nitrogens with zero attached hydrogens (tertiary/aromatic N) is 3.